The van der Waals surface area contributed by atoms with Crippen LogP contribution in [0.5, 0.6) is 0 Å². The van der Waals surface area contributed by atoms with Gasteiger partial charge in [-0.1, -0.05) is 15.9 Å². The van der Waals surface area contributed by atoms with E-state index < -0.39 is 0 Å². The largest absolute Gasteiger partial charge is 0.438 e. The van der Waals surface area contributed by atoms with Crippen LogP contribution in [0, 0.1) is 5.82 Å². The number of fused-ring (bicyclic) bond motifs is 1. The summed E-state index contributed by atoms with van der Waals surface area (Å²) in [6.45, 7) is 1.16. The van der Waals surface area contributed by atoms with Crippen molar-refractivity contribution in [1.29, 1.82) is 0 Å². The Kier molecular flexibility index (Phi) is 5.54. The van der Waals surface area contributed by atoms with Crippen molar-refractivity contribution in [2.24, 2.45) is 4.99 Å². The summed E-state index contributed by atoms with van der Waals surface area (Å²) in [4.78, 5) is 17.3. The molecule has 1 aromatic heterocycles. The molecule has 4 rings (SSSR count). The van der Waals surface area contributed by atoms with Gasteiger partial charge in [-0.25, -0.2) is 9.38 Å². The molecule has 1 amide bonds. The highest BCUT2D eigenvalue weighted by molar-refractivity contribution is 9.10. The Morgan fingerprint density at radius 1 is 1.21 bits per heavy atom. The summed E-state index contributed by atoms with van der Waals surface area (Å²) in [5.41, 5.74) is 1.58. The molecule has 144 valence electrons. The molecule has 28 heavy (non-hydrogen) atoms. The third-order valence-electron chi connectivity index (χ3n) is 4.52. The number of amides is 1. The van der Waals surface area contributed by atoms with Gasteiger partial charge < -0.3 is 14.5 Å². The van der Waals surface area contributed by atoms with Crippen molar-refractivity contribution in [3.8, 4) is 0 Å². The summed E-state index contributed by atoms with van der Waals surface area (Å²) >= 11 is 3.43. The third kappa shape index (κ3) is 4.31. The molecule has 2 heterocycles. The van der Waals surface area contributed by atoms with E-state index in [4.69, 9.17) is 9.15 Å². The van der Waals surface area contributed by atoms with Crippen LogP contribution in [0.4, 0.5) is 10.1 Å². The topological polar surface area (TPSA) is 63.8 Å². The Hall–Kier alpha value is -2.51. The minimum Gasteiger partial charge on any atom is -0.438 e. The first-order valence-corrected chi connectivity index (χ1v) is 9.81. The Morgan fingerprint density at radius 2 is 2.04 bits per heavy atom. The van der Waals surface area contributed by atoms with E-state index in [2.05, 4.69) is 26.2 Å². The monoisotopic (exact) mass is 444 g/mol. The van der Waals surface area contributed by atoms with Gasteiger partial charge >= 0.3 is 0 Å². The molecular weight excluding hydrogens is 427 g/mol. The molecule has 1 N–H and O–H groups in total. The number of hydrogen-bond donors (Lipinski definition) is 1. The summed E-state index contributed by atoms with van der Waals surface area (Å²) in [7, 11) is 0. The molecule has 1 aliphatic heterocycles. The van der Waals surface area contributed by atoms with Gasteiger partial charge in [0.2, 0.25) is 5.55 Å². The quantitative estimate of drug-likeness (QED) is 0.645. The zero-order chi connectivity index (χ0) is 19.5. The van der Waals surface area contributed by atoms with Crippen LogP contribution < -0.4 is 10.9 Å². The van der Waals surface area contributed by atoms with Crippen LogP contribution in [0.1, 0.15) is 23.2 Å². The van der Waals surface area contributed by atoms with Crippen molar-refractivity contribution in [3.05, 3.63) is 69.9 Å². The zero-order valence-corrected chi connectivity index (χ0v) is 16.5. The van der Waals surface area contributed by atoms with Gasteiger partial charge in [0.15, 0.2) is 0 Å². The fourth-order valence-electron chi connectivity index (χ4n) is 3.09. The first kappa shape index (κ1) is 18.8. The van der Waals surface area contributed by atoms with E-state index in [1.807, 2.05) is 12.1 Å². The third-order valence-corrected chi connectivity index (χ3v) is 5.02. The van der Waals surface area contributed by atoms with Crippen molar-refractivity contribution in [2.45, 2.75) is 18.9 Å². The van der Waals surface area contributed by atoms with Crippen molar-refractivity contribution in [1.82, 2.24) is 5.32 Å². The van der Waals surface area contributed by atoms with E-state index >= 15 is 0 Å². The van der Waals surface area contributed by atoms with E-state index in [1.165, 1.54) is 24.3 Å². The minimum atomic E-state index is -0.353. The van der Waals surface area contributed by atoms with Gasteiger partial charge in [-0.15, -0.1) is 0 Å². The predicted molar refractivity (Wildman–Crippen MR) is 107 cm³/mol. The molecule has 5 nitrogen and oxygen atoms in total. The molecular formula is C21H18BrFN2O3. The second-order valence-corrected chi connectivity index (χ2v) is 7.50. The maximum absolute atomic E-state index is 13.2. The van der Waals surface area contributed by atoms with Gasteiger partial charge in [0.05, 0.1) is 11.8 Å². The lowest BCUT2D eigenvalue weighted by Gasteiger charge is -2.11. The van der Waals surface area contributed by atoms with Crippen LogP contribution in [-0.4, -0.2) is 25.2 Å². The van der Waals surface area contributed by atoms with E-state index in [-0.39, 0.29) is 23.4 Å². The van der Waals surface area contributed by atoms with Crippen LogP contribution in [0.3, 0.4) is 0 Å². The lowest BCUT2D eigenvalue weighted by molar-refractivity contribution is 0.0854. The standard InChI is InChI=1S/C21H18BrFN2O3/c22-14-3-8-19-13(10-14)11-18(20(26)24-12-17-2-1-9-27-17)21(28-19)25-16-6-4-15(23)5-7-16/h3-8,10-11,17H,1-2,9,12H2,(H,24,26)/t17-/m0/s1. The highest BCUT2D eigenvalue weighted by atomic mass is 79.9. The smallest absolute Gasteiger partial charge is 0.256 e. The summed E-state index contributed by atoms with van der Waals surface area (Å²) in [6, 6.07) is 13.0. The Balaban J connectivity index is 1.74. The molecule has 3 aromatic rings. The molecule has 7 heteroatoms. The van der Waals surface area contributed by atoms with Crippen molar-refractivity contribution < 1.29 is 18.3 Å². The van der Waals surface area contributed by atoms with Gasteiger partial charge in [0.1, 0.15) is 17.0 Å². The molecule has 1 atom stereocenters. The van der Waals surface area contributed by atoms with E-state index in [9.17, 15) is 9.18 Å². The number of benzene rings is 2. The number of ether oxygens (including phenoxy) is 1. The average molecular weight is 445 g/mol. The van der Waals surface area contributed by atoms with Crippen molar-refractivity contribution >= 4 is 38.5 Å². The molecule has 0 spiro atoms. The van der Waals surface area contributed by atoms with E-state index in [1.54, 1.807) is 12.1 Å². The van der Waals surface area contributed by atoms with E-state index in [0.29, 0.717) is 23.4 Å². The first-order valence-electron chi connectivity index (χ1n) is 9.02. The second-order valence-electron chi connectivity index (χ2n) is 6.58. The minimum absolute atomic E-state index is 0.0352. The van der Waals surface area contributed by atoms with Crippen LogP contribution in [-0.2, 0) is 4.74 Å². The predicted octanol–water partition coefficient (Wildman–Crippen LogP) is 4.48. The number of hydrogen-bond acceptors (Lipinski definition) is 4. The van der Waals surface area contributed by atoms with Crippen LogP contribution in [0.25, 0.3) is 11.0 Å². The number of carbonyl (C=O) groups is 1. The van der Waals surface area contributed by atoms with Crippen molar-refractivity contribution in [3.63, 3.8) is 0 Å². The molecule has 2 aromatic carbocycles. The molecule has 0 aliphatic carbocycles. The number of nitrogens with zero attached hydrogens (tertiary/aromatic N) is 1. The van der Waals surface area contributed by atoms with Gasteiger partial charge in [0.25, 0.3) is 5.91 Å². The van der Waals surface area contributed by atoms with Crippen LogP contribution >= 0.6 is 15.9 Å². The van der Waals surface area contributed by atoms with Gasteiger partial charge in [-0.05, 0) is 61.4 Å². The molecule has 0 unspecified atom stereocenters. The number of halogens is 2. The summed E-state index contributed by atoms with van der Waals surface area (Å²) < 4.78 is 25.5. The zero-order valence-electron chi connectivity index (χ0n) is 15.0. The fraction of sp³-hybridized carbons (Fsp3) is 0.238. The highest BCUT2D eigenvalue weighted by Crippen LogP contribution is 2.20. The van der Waals surface area contributed by atoms with Crippen LogP contribution in [0.2, 0.25) is 0 Å². The Morgan fingerprint density at radius 3 is 2.79 bits per heavy atom. The van der Waals surface area contributed by atoms with Gasteiger partial charge in [-0.3, -0.25) is 4.79 Å². The number of nitrogens with one attached hydrogen (secondary N) is 1. The Bertz CT molecular complexity index is 1070. The summed E-state index contributed by atoms with van der Waals surface area (Å²) in [6.07, 6.45) is 1.97. The molecule has 0 bridgehead atoms. The van der Waals surface area contributed by atoms with Crippen molar-refractivity contribution in [2.75, 3.05) is 13.2 Å². The lowest BCUT2D eigenvalue weighted by atomic mass is 10.1. The van der Waals surface area contributed by atoms with Gasteiger partial charge in [0, 0.05) is 23.0 Å². The summed E-state index contributed by atoms with van der Waals surface area (Å²) in [5.74, 6) is -0.643. The molecule has 1 aliphatic rings. The maximum atomic E-state index is 13.2. The van der Waals surface area contributed by atoms with Crippen LogP contribution in [0.15, 0.2) is 62.4 Å². The van der Waals surface area contributed by atoms with E-state index in [0.717, 1.165) is 29.3 Å². The number of carbonyl (C=O) groups excluding carboxylic acids is 1. The fourth-order valence-corrected chi connectivity index (χ4v) is 3.47. The normalized spacial score (nSPS) is 17.2. The SMILES string of the molecule is O=C(NC[C@@H]1CCCO1)c1cc2cc(Br)ccc2oc1=Nc1ccc(F)cc1. The highest BCUT2D eigenvalue weighted by Gasteiger charge is 2.18. The molecule has 0 saturated carbocycles. The Labute approximate surface area is 169 Å². The molecule has 1 fully saturated rings. The van der Waals surface area contributed by atoms with Gasteiger partial charge in [-0.2, -0.15) is 0 Å². The maximum Gasteiger partial charge on any atom is 0.256 e. The first-order chi connectivity index (χ1) is 13.6. The lowest BCUT2D eigenvalue weighted by Crippen LogP contribution is -2.34. The molecule has 1 saturated heterocycles. The molecule has 0 radical (unpaired) electrons. The second kappa shape index (κ2) is 8.24. The number of rotatable bonds is 4. The average Bonchev–Trinajstić information content (AvgIpc) is 3.21. The summed E-state index contributed by atoms with van der Waals surface area (Å²) in [5, 5.41) is 3.67.